The van der Waals surface area contributed by atoms with Crippen LogP contribution in [0.5, 0.6) is 0 Å². The molecular weight excluding hydrogens is 352 g/mol. The first-order chi connectivity index (χ1) is 13.1. The van der Waals surface area contributed by atoms with Gasteiger partial charge in [0, 0.05) is 24.7 Å². The van der Waals surface area contributed by atoms with Crippen LogP contribution in [-0.2, 0) is 20.9 Å². The maximum Gasteiger partial charge on any atom is 0.368 e. The first kappa shape index (κ1) is 17.4. The molecule has 1 aromatic heterocycles. The number of morpholine rings is 1. The van der Waals surface area contributed by atoms with Crippen molar-refractivity contribution in [3.63, 3.8) is 0 Å². The Bertz CT molecular complexity index is 893. The Balaban J connectivity index is 1.44. The Morgan fingerprint density at radius 2 is 1.81 bits per heavy atom. The number of anilines is 1. The minimum Gasteiger partial charge on any atom is -0.378 e. The van der Waals surface area contributed by atoms with E-state index in [1.807, 2.05) is 0 Å². The number of amides is 2. The van der Waals surface area contributed by atoms with Crippen LogP contribution < -0.4 is 11.0 Å². The largest absolute Gasteiger partial charge is 0.378 e. The zero-order valence-corrected chi connectivity index (χ0v) is 14.7. The SMILES string of the molecule is O=C(Nc1ccc(-n2nnn(CC(=O)N3CCOCC3)c2=O)cc1)C1CC1. The van der Waals surface area contributed by atoms with Crippen LogP contribution in [0.2, 0.25) is 0 Å². The number of benzene rings is 1. The third-order valence-electron chi connectivity index (χ3n) is 4.62. The molecule has 4 rings (SSSR count). The molecule has 2 aromatic rings. The minimum atomic E-state index is -0.494. The summed E-state index contributed by atoms with van der Waals surface area (Å²) < 4.78 is 7.38. The predicted molar refractivity (Wildman–Crippen MR) is 94.4 cm³/mol. The summed E-state index contributed by atoms with van der Waals surface area (Å²) in [6, 6.07) is 6.76. The van der Waals surface area contributed by atoms with Gasteiger partial charge >= 0.3 is 5.69 Å². The molecule has 2 amide bonds. The molecule has 1 aromatic carbocycles. The number of aromatic nitrogens is 4. The molecule has 0 atom stereocenters. The van der Waals surface area contributed by atoms with Crippen LogP contribution in [0.3, 0.4) is 0 Å². The molecule has 1 N–H and O–H groups in total. The predicted octanol–water partition coefficient (Wildman–Crippen LogP) is -0.364. The van der Waals surface area contributed by atoms with Gasteiger partial charge in [0.15, 0.2) is 0 Å². The lowest BCUT2D eigenvalue weighted by Gasteiger charge is -2.26. The highest BCUT2D eigenvalue weighted by Crippen LogP contribution is 2.30. The molecule has 0 bridgehead atoms. The normalized spacial score (nSPS) is 17.0. The van der Waals surface area contributed by atoms with Crippen molar-refractivity contribution in [1.29, 1.82) is 0 Å². The summed E-state index contributed by atoms with van der Waals surface area (Å²) in [5.41, 5.74) is 0.680. The fraction of sp³-hybridized carbons (Fsp3) is 0.471. The first-order valence-electron chi connectivity index (χ1n) is 8.91. The molecule has 27 heavy (non-hydrogen) atoms. The molecule has 0 unspecified atom stereocenters. The van der Waals surface area contributed by atoms with E-state index >= 15 is 0 Å². The summed E-state index contributed by atoms with van der Waals surface area (Å²) in [6.07, 6.45) is 1.87. The molecule has 0 spiro atoms. The summed E-state index contributed by atoms with van der Waals surface area (Å²) >= 11 is 0. The number of rotatable bonds is 5. The van der Waals surface area contributed by atoms with E-state index in [0.29, 0.717) is 37.7 Å². The van der Waals surface area contributed by atoms with Gasteiger partial charge in [0.25, 0.3) is 0 Å². The number of carbonyl (C=O) groups excluding carboxylic acids is 2. The van der Waals surface area contributed by atoms with Crippen molar-refractivity contribution in [3.05, 3.63) is 34.7 Å². The number of nitrogens with zero attached hydrogens (tertiary/aromatic N) is 5. The third-order valence-corrected chi connectivity index (χ3v) is 4.62. The number of tetrazole rings is 1. The van der Waals surface area contributed by atoms with E-state index in [1.54, 1.807) is 29.2 Å². The number of hydrogen-bond acceptors (Lipinski definition) is 6. The van der Waals surface area contributed by atoms with Crippen LogP contribution in [0, 0.1) is 5.92 Å². The second kappa shape index (κ2) is 7.31. The molecule has 1 aliphatic heterocycles. The van der Waals surface area contributed by atoms with Crippen molar-refractivity contribution >= 4 is 17.5 Å². The Hall–Kier alpha value is -3.01. The molecule has 10 nitrogen and oxygen atoms in total. The fourth-order valence-corrected chi connectivity index (χ4v) is 2.85. The van der Waals surface area contributed by atoms with Gasteiger partial charge in [-0.25, -0.2) is 4.79 Å². The number of hydrogen-bond donors (Lipinski definition) is 1. The van der Waals surface area contributed by atoms with Crippen molar-refractivity contribution in [3.8, 4) is 5.69 Å². The summed E-state index contributed by atoms with van der Waals surface area (Å²) in [4.78, 5) is 38.2. The van der Waals surface area contributed by atoms with Gasteiger partial charge in [-0.05, 0) is 47.5 Å². The topological polar surface area (TPSA) is 111 Å². The lowest BCUT2D eigenvalue weighted by atomic mass is 10.2. The smallest absolute Gasteiger partial charge is 0.368 e. The lowest BCUT2D eigenvalue weighted by Crippen LogP contribution is -2.43. The van der Waals surface area contributed by atoms with E-state index in [0.717, 1.165) is 22.2 Å². The van der Waals surface area contributed by atoms with Crippen molar-refractivity contribution in [2.75, 3.05) is 31.6 Å². The molecule has 1 saturated carbocycles. The van der Waals surface area contributed by atoms with Gasteiger partial charge in [0.05, 0.1) is 18.9 Å². The maximum absolute atomic E-state index is 12.5. The van der Waals surface area contributed by atoms with Gasteiger partial charge in [-0.15, -0.1) is 0 Å². The number of ether oxygens (including phenoxy) is 1. The van der Waals surface area contributed by atoms with Crippen LogP contribution in [0.4, 0.5) is 5.69 Å². The molecule has 2 fully saturated rings. The quantitative estimate of drug-likeness (QED) is 0.767. The minimum absolute atomic E-state index is 0.0208. The maximum atomic E-state index is 12.5. The van der Waals surface area contributed by atoms with Crippen molar-refractivity contribution < 1.29 is 14.3 Å². The summed E-state index contributed by atoms with van der Waals surface area (Å²) in [6.45, 7) is 1.85. The van der Waals surface area contributed by atoms with E-state index < -0.39 is 5.69 Å². The Labute approximate surface area is 154 Å². The first-order valence-corrected chi connectivity index (χ1v) is 8.91. The van der Waals surface area contributed by atoms with Gasteiger partial charge < -0.3 is 15.0 Å². The molecule has 2 heterocycles. The number of nitrogens with one attached hydrogen (secondary N) is 1. The van der Waals surface area contributed by atoms with Crippen molar-refractivity contribution in [2.45, 2.75) is 19.4 Å². The van der Waals surface area contributed by atoms with E-state index in [9.17, 15) is 14.4 Å². The monoisotopic (exact) mass is 372 g/mol. The molecular formula is C17H20N6O4. The summed E-state index contributed by atoms with van der Waals surface area (Å²) in [5, 5.41) is 10.5. The Kier molecular flexibility index (Phi) is 4.71. The zero-order chi connectivity index (χ0) is 18.8. The van der Waals surface area contributed by atoms with Gasteiger partial charge in [0.1, 0.15) is 6.54 Å². The van der Waals surface area contributed by atoms with Crippen LogP contribution in [0.1, 0.15) is 12.8 Å². The van der Waals surface area contributed by atoms with Crippen LogP contribution >= 0.6 is 0 Å². The second-order valence-electron chi connectivity index (χ2n) is 6.63. The molecule has 2 aliphatic rings. The highest BCUT2D eigenvalue weighted by molar-refractivity contribution is 5.94. The molecule has 10 heteroatoms. The van der Waals surface area contributed by atoms with E-state index in [-0.39, 0.29) is 24.3 Å². The Morgan fingerprint density at radius 3 is 2.48 bits per heavy atom. The van der Waals surface area contributed by atoms with Gasteiger partial charge in [0.2, 0.25) is 11.8 Å². The van der Waals surface area contributed by atoms with Gasteiger partial charge in [-0.3, -0.25) is 9.59 Å². The fourth-order valence-electron chi connectivity index (χ4n) is 2.85. The summed E-state index contributed by atoms with van der Waals surface area (Å²) in [5.74, 6) is -0.0470. The van der Waals surface area contributed by atoms with Crippen LogP contribution in [-0.4, -0.2) is 62.8 Å². The lowest BCUT2D eigenvalue weighted by molar-refractivity contribution is -0.136. The van der Waals surface area contributed by atoms with E-state index in [1.165, 1.54) is 0 Å². The van der Waals surface area contributed by atoms with Gasteiger partial charge in [-0.2, -0.15) is 9.36 Å². The third kappa shape index (κ3) is 3.90. The average Bonchev–Trinajstić information content (AvgIpc) is 3.49. The summed E-state index contributed by atoms with van der Waals surface area (Å²) in [7, 11) is 0. The van der Waals surface area contributed by atoms with Crippen LogP contribution in [0.25, 0.3) is 5.69 Å². The number of carbonyl (C=O) groups is 2. The van der Waals surface area contributed by atoms with Crippen molar-refractivity contribution in [1.82, 2.24) is 24.7 Å². The zero-order valence-electron chi connectivity index (χ0n) is 14.7. The standard InChI is InChI=1S/C17H20N6O4/c24-15(21-7-9-27-10-8-21)11-22-17(26)23(20-19-22)14-5-3-13(4-6-14)18-16(25)12-1-2-12/h3-6,12H,1-2,7-11H2,(H,18,25). The second-order valence-corrected chi connectivity index (χ2v) is 6.63. The molecule has 0 radical (unpaired) electrons. The highest BCUT2D eigenvalue weighted by Gasteiger charge is 2.29. The molecule has 1 aliphatic carbocycles. The highest BCUT2D eigenvalue weighted by atomic mass is 16.5. The van der Waals surface area contributed by atoms with Crippen molar-refractivity contribution in [2.24, 2.45) is 5.92 Å². The van der Waals surface area contributed by atoms with E-state index in [2.05, 4.69) is 15.7 Å². The Morgan fingerprint density at radius 1 is 1.11 bits per heavy atom. The molecule has 142 valence electrons. The average molecular weight is 372 g/mol. The van der Waals surface area contributed by atoms with E-state index in [4.69, 9.17) is 4.74 Å². The van der Waals surface area contributed by atoms with Gasteiger partial charge in [-0.1, -0.05) is 0 Å². The molecule has 1 saturated heterocycles. The van der Waals surface area contributed by atoms with Crippen LogP contribution in [0.15, 0.2) is 29.1 Å².